The quantitative estimate of drug-likeness (QED) is 0.729. The Morgan fingerprint density at radius 1 is 1.26 bits per heavy atom. The van der Waals surface area contributed by atoms with E-state index in [2.05, 4.69) is 5.16 Å². The molecule has 0 saturated carbocycles. The molecule has 3 rings (SSSR count). The van der Waals surface area contributed by atoms with Crippen LogP contribution in [0.2, 0.25) is 5.02 Å². The fraction of sp³-hybridized carbons (Fsp3) is 0.176. The first-order valence-electron chi connectivity index (χ1n) is 7.03. The van der Waals surface area contributed by atoms with Crippen LogP contribution in [0.3, 0.4) is 0 Å². The van der Waals surface area contributed by atoms with E-state index in [9.17, 15) is 9.18 Å². The Hall–Kier alpha value is -2.40. The summed E-state index contributed by atoms with van der Waals surface area (Å²) in [5.74, 6) is 0.234. The van der Waals surface area contributed by atoms with Crippen molar-refractivity contribution in [2.45, 2.75) is 20.4 Å². The number of pyridine rings is 1. The van der Waals surface area contributed by atoms with Crippen LogP contribution in [0.4, 0.5) is 4.39 Å². The maximum atomic E-state index is 13.9. The summed E-state index contributed by atoms with van der Waals surface area (Å²) in [4.78, 5) is 12.1. The van der Waals surface area contributed by atoms with Gasteiger partial charge in [0.25, 0.3) is 5.56 Å². The van der Waals surface area contributed by atoms with Crippen LogP contribution in [-0.2, 0) is 6.54 Å². The predicted octanol–water partition coefficient (Wildman–Crippen LogP) is 3.96. The monoisotopic (exact) mass is 332 g/mol. The van der Waals surface area contributed by atoms with E-state index in [-0.39, 0.29) is 12.1 Å². The molecule has 0 aliphatic heterocycles. The first kappa shape index (κ1) is 15.5. The van der Waals surface area contributed by atoms with Crippen LogP contribution < -0.4 is 5.56 Å². The summed E-state index contributed by atoms with van der Waals surface area (Å²) < 4.78 is 20.6. The molecular weight excluding hydrogens is 319 g/mol. The third kappa shape index (κ3) is 3.05. The SMILES string of the molecule is Cc1noc(C)c1-c1ccc(=O)n(Cc2ccc(Cl)cc2F)c1. The molecule has 3 aromatic rings. The maximum absolute atomic E-state index is 13.9. The highest BCUT2D eigenvalue weighted by Crippen LogP contribution is 2.26. The largest absolute Gasteiger partial charge is 0.361 e. The standard InChI is InChI=1S/C17H14ClFN2O2/c1-10-17(11(2)23-20-10)13-4-6-16(22)21(9-13)8-12-3-5-14(18)7-15(12)19/h3-7,9H,8H2,1-2H3. The lowest BCUT2D eigenvalue weighted by atomic mass is 10.1. The molecule has 2 heterocycles. The summed E-state index contributed by atoms with van der Waals surface area (Å²) >= 11 is 5.75. The number of hydrogen-bond acceptors (Lipinski definition) is 3. The van der Waals surface area contributed by atoms with Gasteiger partial charge in [-0.3, -0.25) is 4.79 Å². The van der Waals surface area contributed by atoms with Gasteiger partial charge in [-0.1, -0.05) is 22.8 Å². The second kappa shape index (κ2) is 6.01. The van der Waals surface area contributed by atoms with Gasteiger partial charge in [0.2, 0.25) is 0 Å². The van der Waals surface area contributed by atoms with Crippen molar-refractivity contribution in [2.75, 3.05) is 0 Å². The van der Waals surface area contributed by atoms with E-state index >= 15 is 0 Å². The number of rotatable bonds is 3. The van der Waals surface area contributed by atoms with Crippen LogP contribution in [0.1, 0.15) is 17.0 Å². The first-order chi connectivity index (χ1) is 11.0. The number of halogens is 2. The lowest BCUT2D eigenvalue weighted by molar-refractivity contribution is 0.393. The highest BCUT2D eigenvalue weighted by molar-refractivity contribution is 6.30. The van der Waals surface area contributed by atoms with Crippen molar-refractivity contribution in [1.82, 2.24) is 9.72 Å². The van der Waals surface area contributed by atoms with E-state index in [4.69, 9.17) is 16.1 Å². The molecule has 0 spiro atoms. The van der Waals surface area contributed by atoms with E-state index in [0.29, 0.717) is 16.3 Å². The van der Waals surface area contributed by atoms with Gasteiger partial charge in [-0.2, -0.15) is 0 Å². The summed E-state index contributed by atoms with van der Waals surface area (Å²) in [6.07, 6.45) is 1.68. The van der Waals surface area contributed by atoms with Gasteiger partial charge < -0.3 is 9.09 Å². The van der Waals surface area contributed by atoms with Crippen molar-refractivity contribution >= 4 is 11.6 Å². The normalized spacial score (nSPS) is 11.0. The highest BCUT2D eigenvalue weighted by atomic mass is 35.5. The second-order valence-electron chi connectivity index (χ2n) is 5.32. The molecule has 4 nitrogen and oxygen atoms in total. The summed E-state index contributed by atoms with van der Waals surface area (Å²) in [7, 11) is 0. The van der Waals surface area contributed by atoms with Gasteiger partial charge in [0.15, 0.2) is 0 Å². The van der Waals surface area contributed by atoms with Gasteiger partial charge >= 0.3 is 0 Å². The zero-order valence-electron chi connectivity index (χ0n) is 12.6. The predicted molar refractivity (Wildman–Crippen MR) is 86.2 cm³/mol. The molecule has 0 N–H and O–H groups in total. The van der Waals surface area contributed by atoms with Gasteiger partial charge in [0, 0.05) is 34.0 Å². The molecular formula is C17H14ClFN2O2. The number of benzene rings is 1. The zero-order chi connectivity index (χ0) is 16.6. The fourth-order valence-electron chi connectivity index (χ4n) is 2.53. The Bertz CT molecular complexity index is 911. The van der Waals surface area contributed by atoms with Crippen molar-refractivity contribution in [2.24, 2.45) is 0 Å². The van der Waals surface area contributed by atoms with Crippen molar-refractivity contribution in [1.29, 1.82) is 0 Å². The van der Waals surface area contributed by atoms with Gasteiger partial charge in [0.05, 0.1) is 12.2 Å². The molecule has 118 valence electrons. The number of aryl methyl sites for hydroxylation is 2. The molecule has 2 aromatic heterocycles. The molecule has 0 unspecified atom stereocenters. The van der Waals surface area contributed by atoms with E-state index in [0.717, 1.165) is 16.8 Å². The van der Waals surface area contributed by atoms with Crippen LogP contribution in [0.15, 0.2) is 45.8 Å². The lowest BCUT2D eigenvalue weighted by Gasteiger charge is -2.09. The van der Waals surface area contributed by atoms with E-state index in [1.807, 2.05) is 13.8 Å². The molecule has 0 saturated heterocycles. The van der Waals surface area contributed by atoms with E-state index in [1.165, 1.54) is 16.7 Å². The highest BCUT2D eigenvalue weighted by Gasteiger charge is 2.13. The van der Waals surface area contributed by atoms with Gasteiger partial charge in [-0.25, -0.2) is 4.39 Å². The Balaban J connectivity index is 2.03. The number of aromatic nitrogens is 2. The van der Waals surface area contributed by atoms with E-state index < -0.39 is 5.82 Å². The minimum absolute atomic E-state index is 0.124. The molecule has 0 radical (unpaired) electrons. The zero-order valence-corrected chi connectivity index (χ0v) is 13.4. The first-order valence-corrected chi connectivity index (χ1v) is 7.41. The van der Waals surface area contributed by atoms with Crippen LogP contribution >= 0.6 is 11.6 Å². The maximum Gasteiger partial charge on any atom is 0.250 e. The van der Waals surface area contributed by atoms with Gasteiger partial charge in [-0.05, 0) is 32.0 Å². The third-order valence-corrected chi connectivity index (χ3v) is 3.90. The van der Waals surface area contributed by atoms with Gasteiger partial charge in [-0.15, -0.1) is 0 Å². The van der Waals surface area contributed by atoms with Crippen molar-refractivity contribution in [3.63, 3.8) is 0 Å². The van der Waals surface area contributed by atoms with Crippen LogP contribution in [0, 0.1) is 19.7 Å². The van der Waals surface area contributed by atoms with Crippen LogP contribution in [-0.4, -0.2) is 9.72 Å². The van der Waals surface area contributed by atoms with E-state index in [1.54, 1.807) is 24.4 Å². The minimum atomic E-state index is -0.438. The summed E-state index contributed by atoms with van der Waals surface area (Å²) in [6, 6.07) is 7.58. The molecule has 23 heavy (non-hydrogen) atoms. The molecule has 0 aliphatic rings. The average molecular weight is 333 g/mol. The minimum Gasteiger partial charge on any atom is -0.361 e. The van der Waals surface area contributed by atoms with Crippen molar-refractivity contribution in [3.05, 3.63) is 74.7 Å². The smallest absolute Gasteiger partial charge is 0.250 e. The molecule has 0 fully saturated rings. The Morgan fingerprint density at radius 3 is 2.70 bits per heavy atom. The number of hydrogen-bond donors (Lipinski definition) is 0. The molecule has 0 bridgehead atoms. The Labute approximate surface area is 137 Å². The molecule has 0 atom stereocenters. The average Bonchev–Trinajstić information content (AvgIpc) is 2.83. The summed E-state index contributed by atoms with van der Waals surface area (Å²) in [6.45, 7) is 3.77. The van der Waals surface area contributed by atoms with Gasteiger partial charge in [0.1, 0.15) is 11.6 Å². The molecule has 1 aromatic carbocycles. The van der Waals surface area contributed by atoms with Crippen LogP contribution in [0.25, 0.3) is 11.1 Å². The van der Waals surface area contributed by atoms with Crippen molar-refractivity contribution in [3.8, 4) is 11.1 Å². The summed E-state index contributed by atoms with van der Waals surface area (Å²) in [5, 5.41) is 4.24. The molecule has 0 aliphatic carbocycles. The lowest BCUT2D eigenvalue weighted by Crippen LogP contribution is -2.19. The number of nitrogens with zero attached hydrogens (tertiary/aromatic N) is 2. The third-order valence-electron chi connectivity index (χ3n) is 3.66. The van der Waals surface area contributed by atoms with Crippen molar-refractivity contribution < 1.29 is 8.91 Å². The Kier molecular flexibility index (Phi) is 4.05. The molecule has 6 heteroatoms. The topological polar surface area (TPSA) is 48.0 Å². The second-order valence-corrected chi connectivity index (χ2v) is 5.76. The fourth-order valence-corrected chi connectivity index (χ4v) is 2.69. The Morgan fingerprint density at radius 2 is 2.04 bits per heavy atom. The molecule has 0 amide bonds. The van der Waals surface area contributed by atoms with Crippen LogP contribution in [0.5, 0.6) is 0 Å². The summed E-state index contributed by atoms with van der Waals surface area (Å²) in [5.41, 5.74) is 2.57.